The SMILES string of the molecule is Cc1cc(C)c(N(C(C)C(=O)Cl)S(=O)(=O)c2ccc(F)cc2)c(C)c1. The lowest BCUT2D eigenvalue weighted by molar-refractivity contribution is -0.112. The Bertz CT molecular complexity index is 887. The van der Waals surface area contributed by atoms with E-state index in [9.17, 15) is 17.6 Å². The van der Waals surface area contributed by atoms with E-state index in [2.05, 4.69) is 0 Å². The maximum Gasteiger partial charge on any atom is 0.265 e. The van der Waals surface area contributed by atoms with Crippen LogP contribution in [-0.2, 0) is 14.8 Å². The average Bonchev–Trinajstić information content (AvgIpc) is 2.50. The lowest BCUT2D eigenvalue weighted by atomic mass is 10.0. The Hall–Kier alpha value is -1.92. The van der Waals surface area contributed by atoms with Crippen LogP contribution in [0.3, 0.4) is 0 Å². The van der Waals surface area contributed by atoms with Gasteiger partial charge in [-0.05, 0) is 74.7 Å². The van der Waals surface area contributed by atoms with Gasteiger partial charge in [-0.2, -0.15) is 0 Å². The number of nitrogens with zero attached hydrogens (tertiary/aromatic N) is 1. The average molecular weight is 384 g/mol. The number of aryl methyl sites for hydroxylation is 3. The van der Waals surface area contributed by atoms with E-state index in [1.54, 1.807) is 13.8 Å². The third-order valence-corrected chi connectivity index (χ3v) is 6.11. The molecule has 0 fully saturated rings. The molecule has 0 aliphatic heterocycles. The topological polar surface area (TPSA) is 54.5 Å². The summed E-state index contributed by atoms with van der Waals surface area (Å²) in [5.41, 5.74) is 2.78. The van der Waals surface area contributed by atoms with Crippen molar-refractivity contribution < 1.29 is 17.6 Å². The van der Waals surface area contributed by atoms with Crippen molar-refractivity contribution in [1.29, 1.82) is 0 Å². The summed E-state index contributed by atoms with van der Waals surface area (Å²) in [5.74, 6) is -0.547. The number of sulfonamides is 1. The summed E-state index contributed by atoms with van der Waals surface area (Å²) in [4.78, 5) is 11.7. The predicted octanol–water partition coefficient (Wildman–Crippen LogP) is 4.10. The number of carbonyl (C=O) groups is 1. The lowest BCUT2D eigenvalue weighted by Gasteiger charge is -2.31. The highest BCUT2D eigenvalue weighted by molar-refractivity contribution is 7.93. The number of anilines is 1. The number of halogens is 2. The largest absolute Gasteiger partial charge is 0.279 e. The van der Waals surface area contributed by atoms with Crippen molar-refractivity contribution >= 4 is 32.6 Å². The molecular formula is C18H19ClFNO3S. The summed E-state index contributed by atoms with van der Waals surface area (Å²) in [6.45, 7) is 6.87. The Kier molecular flexibility index (Phi) is 5.54. The maximum atomic E-state index is 13.2. The molecule has 0 saturated heterocycles. The van der Waals surface area contributed by atoms with Gasteiger partial charge >= 0.3 is 0 Å². The molecule has 0 saturated carbocycles. The Morgan fingerprint density at radius 2 is 1.56 bits per heavy atom. The Morgan fingerprint density at radius 3 is 2.00 bits per heavy atom. The minimum Gasteiger partial charge on any atom is -0.279 e. The van der Waals surface area contributed by atoms with E-state index in [0.29, 0.717) is 16.8 Å². The van der Waals surface area contributed by atoms with Gasteiger partial charge in [0.25, 0.3) is 10.0 Å². The van der Waals surface area contributed by atoms with Crippen LogP contribution in [0.4, 0.5) is 10.1 Å². The molecule has 0 aliphatic rings. The van der Waals surface area contributed by atoms with E-state index in [4.69, 9.17) is 11.6 Å². The van der Waals surface area contributed by atoms with Crippen LogP contribution in [0.5, 0.6) is 0 Å². The quantitative estimate of drug-likeness (QED) is 0.730. The normalized spacial score (nSPS) is 12.7. The van der Waals surface area contributed by atoms with Gasteiger partial charge in [-0.1, -0.05) is 17.7 Å². The molecule has 0 amide bonds. The lowest BCUT2D eigenvalue weighted by Crippen LogP contribution is -2.42. The molecule has 0 radical (unpaired) electrons. The van der Waals surface area contributed by atoms with Gasteiger partial charge in [0.15, 0.2) is 0 Å². The molecule has 25 heavy (non-hydrogen) atoms. The highest BCUT2D eigenvalue weighted by Gasteiger charge is 2.34. The minimum atomic E-state index is -4.11. The molecule has 1 unspecified atom stereocenters. The molecule has 0 N–H and O–H groups in total. The number of hydrogen-bond donors (Lipinski definition) is 0. The number of carbonyl (C=O) groups excluding carboxylic acids is 1. The van der Waals surface area contributed by atoms with Crippen LogP contribution in [0.25, 0.3) is 0 Å². The first kappa shape index (κ1) is 19.4. The van der Waals surface area contributed by atoms with E-state index in [-0.39, 0.29) is 4.90 Å². The standard InChI is InChI=1S/C18H19ClFNO3S/c1-11-9-12(2)17(13(3)10-11)21(14(4)18(19)22)25(23,24)16-7-5-15(20)6-8-16/h5-10,14H,1-4H3. The molecule has 2 aromatic rings. The highest BCUT2D eigenvalue weighted by Crippen LogP contribution is 2.33. The molecule has 0 spiro atoms. The van der Waals surface area contributed by atoms with E-state index in [1.807, 2.05) is 19.1 Å². The van der Waals surface area contributed by atoms with Gasteiger partial charge in [0, 0.05) is 0 Å². The third kappa shape index (κ3) is 3.85. The molecule has 4 nitrogen and oxygen atoms in total. The van der Waals surface area contributed by atoms with Crippen molar-refractivity contribution in [3.05, 3.63) is 58.9 Å². The van der Waals surface area contributed by atoms with E-state index >= 15 is 0 Å². The van der Waals surface area contributed by atoms with Gasteiger partial charge in [-0.3, -0.25) is 9.10 Å². The predicted molar refractivity (Wildman–Crippen MR) is 97.0 cm³/mol. The van der Waals surface area contributed by atoms with E-state index in [1.165, 1.54) is 19.1 Å². The van der Waals surface area contributed by atoms with Crippen LogP contribution in [-0.4, -0.2) is 19.7 Å². The smallest absolute Gasteiger partial charge is 0.265 e. The Morgan fingerprint density at radius 1 is 1.08 bits per heavy atom. The van der Waals surface area contributed by atoms with Crippen LogP contribution in [0.15, 0.2) is 41.3 Å². The molecule has 7 heteroatoms. The van der Waals surface area contributed by atoms with Gasteiger partial charge in [0.2, 0.25) is 5.24 Å². The molecular weight excluding hydrogens is 365 g/mol. The monoisotopic (exact) mass is 383 g/mol. The molecule has 134 valence electrons. The molecule has 0 aromatic heterocycles. The van der Waals surface area contributed by atoms with Crippen LogP contribution in [0, 0.1) is 26.6 Å². The molecule has 0 aliphatic carbocycles. The van der Waals surface area contributed by atoms with Crippen molar-refractivity contribution in [1.82, 2.24) is 0 Å². The summed E-state index contributed by atoms with van der Waals surface area (Å²) >= 11 is 5.62. The second kappa shape index (κ2) is 7.14. The van der Waals surface area contributed by atoms with Gasteiger partial charge in [0.1, 0.15) is 11.9 Å². The summed E-state index contributed by atoms with van der Waals surface area (Å²) in [6, 6.07) is 7.02. The van der Waals surface area contributed by atoms with Crippen molar-refractivity contribution in [2.75, 3.05) is 4.31 Å². The van der Waals surface area contributed by atoms with E-state index in [0.717, 1.165) is 22.0 Å². The summed E-state index contributed by atoms with van der Waals surface area (Å²) in [6.07, 6.45) is 0. The summed E-state index contributed by atoms with van der Waals surface area (Å²) in [5, 5.41) is -0.801. The van der Waals surface area contributed by atoms with Crippen molar-refractivity contribution in [3.8, 4) is 0 Å². The first-order valence-corrected chi connectivity index (χ1v) is 9.44. The van der Waals surface area contributed by atoms with Crippen LogP contribution < -0.4 is 4.31 Å². The van der Waals surface area contributed by atoms with Crippen LogP contribution in [0.1, 0.15) is 23.6 Å². The molecule has 1 atom stereocenters. The minimum absolute atomic E-state index is 0.113. The van der Waals surface area contributed by atoms with Gasteiger partial charge < -0.3 is 0 Å². The van der Waals surface area contributed by atoms with Crippen molar-refractivity contribution in [2.24, 2.45) is 0 Å². The number of hydrogen-bond acceptors (Lipinski definition) is 3. The second-order valence-corrected chi connectivity index (χ2v) is 8.17. The maximum absolute atomic E-state index is 13.2. The fourth-order valence-electron chi connectivity index (χ4n) is 2.85. The summed E-state index contributed by atoms with van der Waals surface area (Å²) in [7, 11) is -4.11. The molecule has 2 aromatic carbocycles. The molecule has 0 bridgehead atoms. The fraction of sp³-hybridized carbons (Fsp3) is 0.278. The second-order valence-electron chi connectivity index (χ2n) is 5.98. The zero-order valence-corrected chi connectivity index (χ0v) is 16.0. The van der Waals surface area contributed by atoms with Crippen molar-refractivity contribution in [2.45, 2.75) is 38.6 Å². The number of rotatable bonds is 5. The third-order valence-electron chi connectivity index (χ3n) is 3.91. The Balaban J connectivity index is 2.74. The van der Waals surface area contributed by atoms with Gasteiger partial charge in [-0.15, -0.1) is 0 Å². The van der Waals surface area contributed by atoms with Gasteiger partial charge in [-0.25, -0.2) is 12.8 Å². The zero-order chi connectivity index (χ0) is 18.9. The molecule has 0 heterocycles. The Labute approximate surface area is 152 Å². The van der Waals surface area contributed by atoms with Crippen LogP contribution >= 0.6 is 11.6 Å². The van der Waals surface area contributed by atoms with Crippen LogP contribution in [0.2, 0.25) is 0 Å². The fourth-order valence-corrected chi connectivity index (χ4v) is 4.76. The first-order chi connectivity index (χ1) is 11.6. The highest BCUT2D eigenvalue weighted by atomic mass is 35.5. The van der Waals surface area contributed by atoms with Crippen molar-refractivity contribution in [3.63, 3.8) is 0 Å². The van der Waals surface area contributed by atoms with E-state index < -0.39 is 27.1 Å². The zero-order valence-electron chi connectivity index (χ0n) is 14.4. The number of benzene rings is 2. The van der Waals surface area contributed by atoms with Gasteiger partial charge in [0.05, 0.1) is 10.6 Å². The summed E-state index contributed by atoms with van der Waals surface area (Å²) < 4.78 is 40.5. The first-order valence-electron chi connectivity index (χ1n) is 7.63. The molecule has 2 rings (SSSR count).